The summed E-state index contributed by atoms with van der Waals surface area (Å²) in [5.74, 6) is 0.250. The number of anilines is 1. The molecule has 1 aromatic rings. The van der Waals surface area contributed by atoms with E-state index in [1.54, 1.807) is 12.3 Å². The second-order valence-electron chi connectivity index (χ2n) is 2.75. The molecule has 0 spiro atoms. The maximum atomic E-state index is 11.2. The molecule has 0 saturated carbocycles. The highest BCUT2D eigenvalue weighted by Gasteiger charge is 2.02. The van der Waals surface area contributed by atoms with E-state index in [0.29, 0.717) is 12.4 Å². The van der Waals surface area contributed by atoms with Crippen LogP contribution in [0.5, 0.6) is 0 Å². The summed E-state index contributed by atoms with van der Waals surface area (Å²) in [6, 6.07) is 1.65. The van der Waals surface area contributed by atoms with Gasteiger partial charge >= 0.3 is 0 Å². The largest absolute Gasteiger partial charge is 0.356 e. The Morgan fingerprint density at radius 3 is 2.93 bits per heavy atom. The van der Waals surface area contributed by atoms with Crippen LogP contribution in [0.3, 0.4) is 0 Å². The van der Waals surface area contributed by atoms with E-state index in [9.17, 15) is 9.59 Å². The number of carbonyl (C=O) groups excluding carboxylic acids is 2. The van der Waals surface area contributed by atoms with E-state index in [2.05, 4.69) is 20.8 Å². The highest BCUT2D eigenvalue weighted by molar-refractivity contribution is 5.90. The molecule has 0 saturated heterocycles. The van der Waals surface area contributed by atoms with Crippen molar-refractivity contribution < 1.29 is 9.59 Å². The number of amides is 2. The summed E-state index contributed by atoms with van der Waals surface area (Å²) in [6.45, 7) is 1.75. The van der Waals surface area contributed by atoms with Crippen LogP contribution in [-0.4, -0.2) is 28.6 Å². The molecule has 6 nitrogen and oxygen atoms in total. The second-order valence-corrected chi connectivity index (χ2v) is 2.75. The van der Waals surface area contributed by atoms with Crippen molar-refractivity contribution in [1.29, 1.82) is 0 Å². The van der Waals surface area contributed by atoms with Crippen molar-refractivity contribution in [3.05, 3.63) is 12.3 Å². The second kappa shape index (κ2) is 5.00. The van der Waals surface area contributed by atoms with Crippen molar-refractivity contribution in [3.8, 4) is 0 Å². The summed E-state index contributed by atoms with van der Waals surface area (Å²) in [4.78, 5) is 21.7. The number of hydrogen-bond donors (Lipinski definition) is 3. The van der Waals surface area contributed by atoms with Gasteiger partial charge in [0.15, 0.2) is 0 Å². The fourth-order valence-electron chi connectivity index (χ4n) is 0.890. The van der Waals surface area contributed by atoms with E-state index >= 15 is 0 Å². The smallest absolute Gasteiger partial charge is 0.227 e. The molecule has 14 heavy (non-hydrogen) atoms. The van der Waals surface area contributed by atoms with Crippen LogP contribution >= 0.6 is 0 Å². The molecule has 0 radical (unpaired) electrons. The Kier molecular flexibility index (Phi) is 3.66. The third kappa shape index (κ3) is 3.70. The number of carbonyl (C=O) groups is 2. The van der Waals surface area contributed by atoms with Gasteiger partial charge in [0.1, 0.15) is 5.82 Å². The lowest BCUT2D eigenvalue weighted by Gasteiger charge is -2.02. The van der Waals surface area contributed by atoms with Crippen LogP contribution in [0.2, 0.25) is 0 Å². The van der Waals surface area contributed by atoms with Gasteiger partial charge in [-0.3, -0.25) is 14.7 Å². The SMILES string of the molecule is CC(=O)NCCC(=O)Nc1ccn[nH]1. The number of aromatic nitrogens is 2. The van der Waals surface area contributed by atoms with Crippen LogP contribution in [0, 0.1) is 0 Å². The molecule has 76 valence electrons. The molecule has 1 heterocycles. The maximum absolute atomic E-state index is 11.2. The molecule has 0 aliphatic heterocycles. The summed E-state index contributed by atoms with van der Waals surface area (Å²) in [7, 11) is 0. The zero-order valence-corrected chi connectivity index (χ0v) is 7.83. The van der Waals surface area contributed by atoms with E-state index in [1.165, 1.54) is 6.92 Å². The predicted octanol–water partition coefficient (Wildman–Crippen LogP) is -0.126. The lowest BCUT2D eigenvalue weighted by atomic mass is 10.4. The number of nitrogens with one attached hydrogen (secondary N) is 3. The third-order valence-electron chi connectivity index (χ3n) is 1.50. The Balaban J connectivity index is 2.20. The molecule has 2 amide bonds. The summed E-state index contributed by atoms with van der Waals surface area (Å²) in [6.07, 6.45) is 1.79. The Bertz CT molecular complexity index is 307. The van der Waals surface area contributed by atoms with Crippen LogP contribution in [0.15, 0.2) is 12.3 Å². The molecule has 0 unspecified atom stereocenters. The molecule has 0 aliphatic rings. The molecule has 6 heteroatoms. The van der Waals surface area contributed by atoms with Gasteiger partial charge in [-0.15, -0.1) is 0 Å². The summed E-state index contributed by atoms with van der Waals surface area (Å²) < 4.78 is 0. The number of rotatable bonds is 4. The molecular formula is C8H12N4O2. The van der Waals surface area contributed by atoms with Gasteiger partial charge in [0, 0.05) is 26.0 Å². The van der Waals surface area contributed by atoms with Crippen LogP contribution in [0.25, 0.3) is 0 Å². The van der Waals surface area contributed by atoms with Gasteiger partial charge in [0.2, 0.25) is 11.8 Å². The number of hydrogen-bond acceptors (Lipinski definition) is 3. The van der Waals surface area contributed by atoms with Crippen molar-refractivity contribution in [2.45, 2.75) is 13.3 Å². The van der Waals surface area contributed by atoms with Gasteiger partial charge in [-0.1, -0.05) is 0 Å². The molecule has 1 aromatic heterocycles. The van der Waals surface area contributed by atoms with Gasteiger partial charge in [0.25, 0.3) is 0 Å². The Morgan fingerprint density at radius 1 is 1.57 bits per heavy atom. The van der Waals surface area contributed by atoms with Crippen LogP contribution < -0.4 is 10.6 Å². The minimum absolute atomic E-state index is 0.139. The van der Waals surface area contributed by atoms with Gasteiger partial charge in [-0.05, 0) is 0 Å². The third-order valence-corrected chi connectivity index (χ3v) is 1.50. The first-order valence-electron chi connectivity index (χ1n) is 4.22. The highest BCUT2D eigenvalue weighted by Crippen LogP contribution is 1.98. The first-order chi connectivity index (χ1) is 6.68. The predicted molar refractivity (Wildman–Crippen MR) is 50.5 cm³/mol. The number of H-pyrrole nitrogens is 1. The molecule has 1 rings (SSSR count). The molecule has 0 atom stereocenters. The molecule has 0 fully saturated rings. The van der Waals surface area contributed by atoms with Gasteiger partial charge in [-0.25, -0.2) is 0 Å². The molecule has 0 aliphatic carbocycles. The minimum atomic E-state index is -0.164. The zero-order chi connectivity index (χ0) is 10.4. The van der Waals surface area contributed by atoms with Crippen molar-refractivity contribution in [1.82, 2.24) is 15.5 Å². The summed E-state index contributed by atoms with van der Waals surface area (Å²) in [5.41, 5.74) is 0. The summed E-state index contributed by atoms with van der Waals surface area (Å²) >= 11 is 0. The fourth-order valence-corrected chi connectivity index (χ4v) is 0.890. The normalized spacial score (nSPS) is 9.50. The Hall–Kier alpha value is -1.85. The van der Waals surface area contributed by atoms with Crippen molar-refractivity contribution in [2.75, 3.05) is 11.9 Å². The van der Waals surface area contributed by atoms with E-state index in [1.807, 2.05) is 0 Å². The molecular weight excluding hydrogens is 184 g/mol. The van der Waals surface area contributed by atoms with E-state index in [0.717, 1.165) is 0 Å². The maximum Gasteiger partial charge on any atom is 0.227 e. The van der Waals surface area contributed by atoms with Gasteiger partial charge in [-0.2, -0.15) is 5.10 Å². The zero-order valence-electron chi connectivity index (χ0n) is 7.83. The van der Waals surface area contributed by atoms with E-state index < -0.39 is 0 Å². The fraction of sp³-hybridized carbons (Fsp3) is 0.375. The van der Waals surface area contributed by atoms with Crippen LogP contribution in [0.1, 0.15) is 13.3 Å². The minimum Gasteiger partial charge on any atom is -0.356 e. The Labute approximate surface area is 81.1 Å². The van der Waals surface area contributed by atoms with Crippen LogP contribution in [-0.2, 0) is 9.59 Å². The first-order valence-corrected chi connectivity index (χ1v) is 4.22. The van der Waals surface area contributed by atoms with Crippen molar-refractivity contribution >= 4 is 17.6 Å². The van der Waals surface area contributed by atoms with E-state index in [-0.39, 0.29) is 18.2 Å². The first kappa shape index (κ1) is 10.2. The highest BCUT2D eigenvalue weighted by atomic mass is 16.2. The van der Waals surface area contributed by atoms with Crippen molar-refractivity contribution in [3.63, 3.8) is 0 Å². The van der Waals surface area contributed by atoms with Gasteiger partial charge in [0.05, 0.1) is 6.20 Å². The number of nitrogens with zero attached hydrogens (tertiary/aromatic N) is 1. The number of aromatic amines is 1. The quantitative estimate of drug-likeness (QED) is 0.627. The topological polar surface area (TPSA) is 86.9 Å². The molecule has 0 aromatic carbocycles. The van der Waals surface area contributed by atoms with E-state index in [4.69, 9.17) is 0 Å². The van der Waals surface area contributed by atoms with Crippen molar-refractivity contribution in [2.24, 2.45) is 0 Å². The standard InChI is InChI=1S/C8H12N4O2/c1-6(13)9-4-3-8(14)11-7-2-5-10-12-7/h2,5H,3-4H2,1H3,(H,9,13)(H2,10,11,12,14). The van der Waals surface area contributed by atoms with Crippen LogP contribution in [0.4, 0.5) is 5.82 Å². The van der Waals surface area contributed by atoms with Gasteiger partial charge < -0.3 is 10.6 Å². The monoisotopic (exact) mass is 196 g/mol. The average molecular weight is 196 g/mol. The summed E-state index contributed by atoms with van der Waals surface area (Å²) in [5, 5.41) is 11.4. The lowest BCUT2D eigenvalue weighted by molar-refractivity contribution is -0.119. The molecule has 3 N–H and O–H groups in total. The Morgan fingerprint density at radius 2 is 2.36 bits per heavy atom. The molecule has 0 bridgehead atoms. The lowest BCUT2D eigenvalue weighted by Crippen LogP contribution is -2.25. The average Bonchev–Trinajstić information content (AvgIpc) is 2.56.